The SMILES string of the molecule is CC(N)CC(=O)OC1CCCC1. The molecule has 0 heterocycles. The average Bonchev–Trinajstić information content (AvgIpc) is 2.37. The highest BCUT2D eigenvalue weighted by molar-refractivity contribution is 5.70. The Morgan fingerprint density at radius 1 is 1.58 bits per heavy atom. The van der Waals surface area contributed by atoms with E-state index in [4.69, 9.17) is 10.5 Å². The maximum atomic E-state index is 11.1. The van der Waals surface area contributed by atoms with Crippen LogP contribution in [0.15, 0.2) is 0 Å². The number of carbonyl (C=O) groups excluding carboxylic acids is 1. The Kier molecular flexibility index (Phi) is 3.53. The first-order valence-electron chi connectivity index (χ1n) is 4.63. The highest BCUT2D eigenvalue weighted by atomic mass is 16.5. The fraction of sp³-hybridized carbons (Fsp3) is 0.889. The predicted octanol–water partition coefficient (Wildman–Crippen LogP) is 1.21. The molecule has 1 fully saturated rings. The fourth-order valence-corrected chi connectivity index (χ4v) is 1.50. The number of hydrogen-bond donors (Lipinski definition) is 1. The van der Waals surface area contributed by atoms with Crippen LogP contribution in [0.4, 0.5) is 0 Å². The molecule has 1 aliphatic carbocycles. The van der Waals surface area contributed by atoms with Crippen molar-refractivity contribution in [3.05, 3.63) is 0 Å². The molecule has 0 aliphatic heterocycles. The maximum Gasteiger partial charge on any atom is 0.307 e. The lowest BCUT2D eigenvalue weighted by Crippen LogP contribution is -2.23. The quantitative estimate of drug-likeness (QED) is 0.649. The second-order valence-electron chi connectivity index (χ2n) is 3.58. The van der Waals surface area contributed by atoms with Gasteiger partial charge in [0.05, 0.1) is 6.42 Å². The summed E-state index contributed by atoms with van der Waals surface area (Å²) in [5.74, 6) is -0.142. The summed E-state index contributed by atoms with van der Waals surface area (Å²) in [5.41, 5.74) is 5.47. The van der Waals surface area contributed by atoms with Gasteiger partial charge in [0, 0.05) is 6.04 Å². The number of hydrogen-bond acceptors (Lipinski definition) is 3. The molecule has 0 spiro atoms. The molecule has 1 atom stereocenters. The van der Waals surface area contributed by atoms with Gasteiger partial charge in [-0.1, -0.05) is 0 Å². The zero-order valence-electron chi connectivity index (χ0n) is 7.58. The summed E-state index contributed by atoms with van der Waals surface area (Å²) >= 11 is 0. The monoisotopic (exact) mass is 171 g/mol. The molecular weight excluding hydrogens is 154 g/mol. The van der Waals surface area contributed by atoms with E-state index >= 15 is 0 Å². The third-order valence-corrected chi connectivity index (χ3v) is 2.09. The summed E-state index contributed by atoms with van der Waals surface area (Å²) in [4.78, 5) is 11.1. The summed E-state index contributed by atoms with van der Waals surface area (Å²) < 4.78 is 5.20. The zero-order valence-corrected chi connectivity index (χ0v) is 7.58. The van der Waals surface area contributed by atoms with E-state index in [1.54, 1.807) is 0 Å². The van der Waals surface area contributed by atoms with Crippen molar-refractivity contribution in [1.82, 2.24) is 0 Å². The highest BCUT2D eigenvalue weighted by Gasteiger charge is 2.19. The third-order valence-electron chi connectivity index (χ3n) is 2.09. The molecule has 70 valence electrons. The summed E-state index contributed by atoms with van der Waals surface area (Å²) in [6.45, 7) is 1.82. The van der Waals surface area contributed by atoms with Crippen LogP contribution >= 0.6 is 0 Å². The second-order valence-corrected chi connectivity index (χ2v) is 3.58. The summed E-state index contributed by atoms with van der Waals surface area (Å²) in [5, 5.41) is 0. The van der Waals surface area contributed by atoms with Crippen LogP contribution in [0, 0.1) is 0 Å². The van der Waals surface area contributed by atoms with Crippen LogP contribution in [0.25, 0.3) is 0 Å². The van der Waals surface area contributed by atoms with Gasteiger partial charge in [0.1, 0.15) is 6.10 Å². The molecule has 3 nitrogen and oxygen atoms in total. The van der Waals surface area contributed by atoms with E-state index in [9.17, 15) is 4.79 Å². The highest BCUT2D eigenvalue weighted by Crippen LogP contribution is 2.21. The standard InChI is InChI=1S/C9H17NO2/c1-7(10)6-9(11)12-8-4-2-3-5-8/h7-8H,2-6,10H2,1H3. The molecule has 1 aliphatic rings. The van der Waals surface area contributed by atoms with Gasteiger partial charge in [-0.2, -0.15) is 0 Å². The molecule has 0 aromatic carbocycles. The normalized spacial score (nSPS) is 20.8. The topological polar surface area (TPSA) is 52.3 Å². The molecule has 0 saturated heterocycles. The van der Waals surface area contributed by atoms with Gasteiger partial charge in [-0.15, -0.1) is 0 Å². The van der Waals surface area contributed by atoms with Crippen LogP contribution in [-0.2, 0) is 9.53 Å². The van der Waals surface area contributed by atoms with E-state index in [1.807, 2.05) is 6.92 Å². The number of esters is 1. The molecule has 12 heavy (non-hydrogen) atoms. The Bertz CT molecular complexity index is 151. The Balaban J connectivity index is 2.16. The first-order valence-corrected chi connectivity index (χ1v) is 4.63. The molecule has 1 rings (SSSR count). The molecule has 1 unspecified atom stereocenters. The first kappa shape index (κ1) is 9.52. The van der Waals surface area contributed by atoms with Crippen LogP contribution in [0.5, 0.6) is 0 Å². The van der Waals surface area contributed by atoms with E-state index in [0.717, 1.165) is 12.8 Å². The number of rotatable bonds is 3. The lowest BCUT2D eigenvalue weighted by atomic mass is 10.2. The van der Waals surface area contributed by atoms with Crippen molar-refractivity contribution < 1.29 is 9.53 Å². The van der Waals surface area contributed by atoms with Crippen LogP contribution < -0.4 is 5.73 Å². The Labute approximate surface area is 73.3 Å². The van der Waals surface area contributed by atoms with E-state index in [0.29, 0.717) is 6.42 Å². The van der Waals surface area contributed by atoms with Crippen molar-refractivity contribution in [2.75, 3.05) is 0 Å². The number of nitrogens with two attached hydrogens (primary N) is 1. The van der Waals surface area contributed by atoms with E-state index in [2.05, 4.69) is 0 Å². The van der Waals surface area contributed by atoms with Gasteiger partial charge < -0.3 is 10.5 Å². The van der Waals surface area contributed by atoms with Gasteiger partial charge in [0.25, 0.3) is 0 Å². The summed E-state index contributed by atoms with van der Waals surface area (Å²) in [6.07, 6.45) is 4.97. The van der Waals surface area contributed by atoms with Crippen LogP contribution in [0.2, 0.25) is 0 Å². The molecule has 0 aromatic rings. The van der Waals surface area contributed by atoms with Crippen LogP contribution in [0.1, 0.15) is 39.0 Å². The second kappa shape index (κ2) is 4.45. The molecule has 0 bridgehead atoms. The summed E-state index contributed by atoms with van der Waals surface area (Å²) in [6, 6.07) is -0.0843. The molecule has 0 aromatic heterocycles. The molecule has 2 N–H and O–H groups in total. The van der Waals surface area contributed by atoms with E-state index in [-0.39, 0.29) is 18.1 Å². The van der Waals surface area contributed by atoms with E-state index in [1.165, 1.54) is 12.8 Å². The number of ether oxygens (including phenoxy) is 1. The molecule has 3 heteroatoms. The molecular formula is C9H17NO2. The fourth-order valence-electron chi connectivity index (χ4n) is 1.50. The average molecular weight is 171 g/mol. The lowest BCUT2D eigenvalue weighted by Gasteiger charge is -2.11. The van der Waals surface area contributed by atoms with Gasteiger partial charge in [0.15, 0.2) is 0 Å². The van der Waals surface area contributed by atoms with E-state index < -0.39 is 0 Å². The smallest absolute Gasteiger partial charge is 0.307 e. The van der Waals surface area contributed by atoms with Crippen LogP contribution in [0.3, 0.4) is 0 Å². The minimum atomic E-state index is -0.142. The Morgan fingerprint density at radius 3 is 2.67 bits per heavy atom. The first-order chi connectivity index (χ1) is 5.68. The van der Waals surface area contributed by atoms with Crippen molar-refractivity contribution in [1.29, 1.82) is 0 Å². The third kappa shape index (κ3) is 3.22. The minimum Gasteiger partial charge on any atom is -0.462 e. The molecule has 0 amide bonds. The molecule has 0 radical (unpaired) electrons. The van der Waals surface area contributed by atoms with Crippen molar-refractivity contribution >= 4 is 5.97 Å². The maximum absolute atomic E-state index is 11.1. The Hall–Kier alpha value is -0.570. The van der Waals surface area contributed by atoms with Crippen molar-refractivity contribution in [3.8, 4) is 0 Å². The van der Waals surface area contributed by atoms with Gasteiger partial charge in [0.2, 0.25) is 0 Å². The lowest BCUT2D eigenvalue weighted by molar-refractivity contribution is -0.149. The zero-order chi connectivity index (χ0) is 8.97. The summed E-state index contributed by atoms with van der Waals surface area (Å²) in [7, 11) is 0. The van der Waals surface area contributed by atoms with Crippen molar-refractivity contribution in [2.45, 2.75) is 51.2 Å². The molecule has 1 saturated carbocycles. The largest absolute Gasteiger partial charge is 0.462 e. The van der Waals surface area contributed by atoms with Crippen molar-refractivity contribution in [2.24, 2.45) is 5.73 Å². The van der Waals surface area contributed by atoms with Gasteiger partial charge in [-0.05, 0) is 32.6 Å². The van der Waals surface area contributed by atoms with Gasteiger partial charge in [-0.3, -0.25) is 4.79 Å². The van der Waals surface area contributed by atoms with Crippen molar-refractivity contribution in [3.63, 3.8) is 0 Å². The predicted molar refractivity (Wildman–Crippen MR) is 46.6 cm³/mol. The van der Waals surface area contributed by atoms with Crippen LogP contribution in [-0.4, -0.2) is 18.1 Å². The minimum absolute atomic E-state index is 0.0843. The van der Waals surface area contributed by atoms with Gasteiger partial charge >= 0.3 is 5.97 Å². The van der Waals surface area contributed by atoms with Gasteiger partial charge in [-0.25, -0.2) is 0 Å². The Morgan fingerprint density at radius 2 is 2.17 bits per heavy atom. The number of carbonyl (C=O) groups is 1.